The molecule has 1 saturated heterocycles. The van der Waals surface area contributed by atoms with Gasteiger partial charge < -0.3 is 14.7 Å². The first-order chi connectivity index (χ1) is 12.5. The third-order valence-corrected chi connectivity index (χ3v) is 5.05. The van der Waals surface area contributed by atoms with Crippen molar-refractivity contribution in [2.24, 2.45) is 5.92 Å². The Morgan fingerprint density at radius 3 is 2.54 bits per heavy atom. The Morgan fingerprint density at radius 2 is 1.88 bits per heavy atom. The van der Waals surface area contributed by atoms with E-state index in [1.807, 2.05) is 55.5 Å². The number of ether oxygens (including phenoxy) is 1. The van der Waals surface area contributed by atoms with Crippen LogP contribution >= 0.6 is 0 Å². The molecule has 2 aromatic rings. The van der Waals surface area contributed by atoms with E-state index in [2.05, 4.69) is 0 Å². The van der Waals surface area contributed by atoms with Crippen LogP contribution in [0.2, 0.25) is 0 Å². The summed E-state index contributed by atoms with van der Waals surface area (Å²) in [5.74, 6) is -0.909. The number of nitrogens with zero attached hydrogens (tertiary/aromatic N) is 1. The molecule has 0 spiro atoms. The van der Waals surface area contributed by atoms with Crippen LogP contribution < -0.4 is 4.74 Å². The second kappa shape index (κ2) is 7.60. The number of methoxy groups -OCH3 is 1. The third kappa shape index (κ3) is 3.72. The number of carboxylic acid groups (broad SMARTS) is 1. The SMILES string of the molecule is COc1cc(CC(=O)N2CC(C(=O)O)C(c3ccccc3)C2)ccc1C. The Kier molecular flexibility index (Phi) is 5.26. The molecule has 5 nitrogen and oxygen atoms in total. The molecule has 2 atom stereocenters. The second-order valence-corrected chi connectivity index (χ2v) is 6.74. The number of rotatable bonds is 5. The number of aryl methyl sites for hydroxylation is 1. The van der Waals surface area contributed by atoms with Crippen molar-refractivity contribution in [2.75, 3.05) is 20.2 Å². The predicted octanol–water partition coefficient (Wildman–Crippen LogP) is 2.87. The zero-order chi connectivity index (χ0) is 18.7. The molecule has 1 heterocycles. The standard InChI is InChI=1S/C21H23NO4/c1-14-8-9-15(10-19(14)26-2)11-20(23)22-12-17(18(13-22)21(24)25)16-6-4-3-5-7-16/h3-10,17-18H,11-13H2,1-2H3,(H,24,25). The fourth-order valence-corrected chi connectivity index (χ4v) is 3.56. The summed E-state index contributed by atoms with van der Waals surface area (Å²) in [4.78, 5) is 26.1. The van der Waals surface area contributed by atoms with E-state index in [-0.39, 0.29) is 24.8 Å². The Balaban J connectivity index is 1.75. The Labute approximate surface area is 153 Å². The first-order valence-corrected chi connectivity index (χ1v) is 8.68. The Hall–Kier alpha value is -2.82. The van der Waals surface area contributed by atoms with E-state index in [1.54, 1.807) is 12.0 Å². The zero-order valence-electron chi connectivity index (χ0n) is 15.0. The van der Waals surface area contributed by atoms with Crippen molar-refractivity contribution in [1.29, 1.82) is 0 Å². The van der Waals surface area contributed by atoms with Crippen LogP contribution in [0.1, 0.15) is 22.6 Å². The van der Waals surface area contributed by atoms with Crippen molar-refractivity contribution in [3.8, 4) is 5.75 Å². The lowest BCUT2D eigenvalue weighted by atomic mass is 9.89. The van der Waals surface area contributed by atoms with Crippen molar-refractivity contribution in [2.45, 2.75) is 19.3 Å². The molecule has 0 radical (unpaired) electrons. The number of carbonyl (C=O) groups excluding carboxylic acids is 1. The Bertz CT molecular complexity index is 803. The topological polar surface area (TPSA) is 66.8 Å². The fraction of sp³-hybridized carbons (Fsp3) is 0.333. The minimum Gasteiger partial charge on any atom is -0.496 e. The van der Waals surface area contributed by atoms with Crippen LogP contribution in [0.25, 0.3) is 0 Å². The molecule has 1 fully saturated rings. The maximum Gasteiger partial charge on any atom is 0.308 e. The summed E-state index contributed by atoms with van der Waals surface area (Å²) in [6.45, 7) is 2.63. The van der Waals surface area contributed by atoms with E-state index in [4.69, 9.17) is 4.74 Å². The molecule has 0 aromatic heterocycles. The molecule has 0 saturated carbocycles. The van der Waals surface area contributed by atoms with Gasteiger partial charge in [0.25, 0.3) is 0 Å². The van der Waals surface area contributed by atoms with Gasteiger partial charge in [-0.1, -0.05) is 42.5 Å². The van der Waals surface area contributed by atoms with Gasteiger partial charge in [0.2, 0.25) is 5.91 Å². The summed E-state index contributed by atoms with van der Waals surface area (Å²) < 4.78 is 5.31. The predicted molar refractivity (Wildman–Crippen MR) is 98.3 cm³/mol. The van der Waals surface area contributed by atoms with Gasteiger partial charge in [0.15, 0.2) is 0 Å². The van der Waals surface area contributed by atoms with Gasteiger partial charge in [0.05, 0.1) is 19.4 Å². The molecule has 0 bridgehead atoms. The van der Waals surface area contributed by atoms with Gasteiger partial charge in [-0.05, 0) is 29.7 Å². The summed E-state index contributed by atoms with van der Waals surface area (Å²) in [5, 5.41) is 9.58. The molecular formula is C21H23NO4. The van der Waals surface area contributed by atoms with Crippen LogP contribution in [0.3, 0.4) is 0 Å². The minimum atomic E-state index is -0.855. The molecule has 136 valence electrons. The molecule has 5 heteroatoms. The van der Waals surface area contributed by atoms with Gasteiger partial charge in [-0.2, -0.15) is 0 Å². The number of hydrogen-bond acceptors (Lipinski definition) is 3. The zero-order valence-corrected chi connectivity index (χ0v) is 15.0. The van der Waals surface area contributed by atoms with E-state index in [9.17, 15) is 14.7 Å². The first-order valence-electron chi connectivity index (χ1n) is 8.68. The number of likely N-dealkylation sites (tertiary alicyclic amines) is 1. The summed E-state index contributed by atoms with van der Waals surface area (Å²) in [7, 11) is 1.61. The smallest absolute Gasteiger partial charge is 0.308 e. The van der Waals surface area contributed by atoms with Crippen molar-refractivity contribution in [3.63, 3.8) is 0 Å². The molecule has 1 aliphatic heterocycles. The highest BCUT2D eigenvalue weighted by Crippen LogP contribution is 2.33. The minimum absolute atomic E-state index is 0.0550. The van der Waals surface area contributed by atoms with Crippen molar-refractivity contribution >= 4 is 11.9 Å². The monoisotopic (exact) mass is 353 g/mol. The van der Waals surface area contributed by atoms with Gasteiger partial charge in [0, 0.05) is 19.0 Å². The van der Waals surface area contributed by atoms with Crippen LogP contribution in [-0.4, -0.2) is 42.1 Å². The first kappa shape index (κ1) is 18.0. The maximum atomic E-state index is 12.7. The van der Waals surface area contributed by atoms with Gasteiger partial charge >= 0.3 is 5.97 Å². The highest BCUT2D eigenvalue weighted by molar-refractivity contribution is 5.81. The highest BCUT2D eigenvalue weighted by Gasteiger charge is 2.40. The number of amides is 1. The van der Waals surface area contributed by atoms with E-state index in [1.165, 1.54) is 0 Å². The van der Waals surface area contributed by atoms with Crippen molar-refractivity contribution < 1.29 is 19.4 Å². The average Bonchev–Trinajstić information content (AvgIpc) is 3.10. The number of carboxylic acids is 1. The molecule has 1 aliphatic rings. The molecule has 0 aliphatic carbocycles. The van der Waals surface area contributed by atoms with E-state index < -0.39 is 11.9 Å². The maximum absolute atomic E-state index is 12.7. The highest BCUT2D eigenvalue weighted by atomic mass is 16.5. The number of carbonyl (C=O) groups is 2. The summed E-state index contributed by atoms with van der Waals surface area (Å²) in [5.41, 5.74) is 2.85. The fourth-order valence-electron chi connectivity index (χ4n) is 3.56. The van der Waals surface area contributed by atoms with Gasteiger partial charge in [-0.25, -0.2) is 0 Å². The van der Waals surface area contributed by atoms with Crippen LogP contribution in [0.15, 0.2) is 48.5 Å². The van der Waals surface area contributed by atoms with E-state index >= 15 is 0 Å². The molecular weight excluding hydrogens is 330 g/mol. The van der Waals surface area contributed by atoms with Gasteiger partial charge in [-0.15, -0.1) is 0 Å². The molecule has 1 N–H and O–H groups in total. The lowest BCUT2D eigenvalue weighted by molar-refractivity contribution is -0.141. The summed E-state index contributed by atoms with van der Waals surface area (Å²) in [6, 6.07) is 15.3. The van der Waals surface area contributed by atoms with Crippen molar-refractivity contribution in [3.05, 3.63) is 65.2 Å². The number of hydrogen-bond donors (Lipinski definition) is 1. The van der Waals surface area contributed by atoms with Crippen LogP contribution in [0.5, 0.6) is 5.75 Å². The lowest BCUT2D eigenvalue weighted by Gasteiger charge is -2.17. The third-order valence-electron chi connectivity index (χ3n) is 5.05. The molecule has 2 aromatic carbocycles. The summed E-state index contributed by atoms with van der Waals surface area (Å²) in [6.07, 6.45) is 0.241. The largest absolute Gasteiger partial charge is 0.496 e. The average molecular weight is 353 g/mol. The van der Waals surface area contributed by atoms with E-state index in [0.717, 1.165) is 22.4 Å². The normalized spacial score (nSPS) is 19.4. The lowest BCUT2D eigenvalue weighted by Crippen LogP contribution is -2.31. The van der Waals surface area contributed by atoms with Gasteiger partial charge in [0.1, 0.15) is 5.75 Å². The number of aliphatic carboxylic acids is 1. The molecule has 3 rings (SSSR count). The number of benzene rings is 2. The summed E-state index contributed by atoms with van der Waals surface area (Å²) >= 11 is 0. The van der Waals surface area contributed by atoms with Crippen LogP contribution in [-0.2, 0) is 16.0 Å². The molecule has 1 amide bonds. The van der Waals surface area contributed by atoms with Crippen LogP contribution in [0, 0.1) is 12.8 Å². The van der Waals surface area contributed by atoms with E-state index in [0.29, 0.717) is 6.54 Å². The van der Waals surface area contributed by atoms with Gasteiger partial charge in [-0.3, -0.25) is 9.59 Å². The molecule has 2 unspecified atom stereocenters. The quantitative estimate of drug-likeness (QED) is 0.898. The second-order valence-electron chi connectivity index (χ2n) is 6.74. The molecule has 26 heavy (non-hydrogen) atoms. The van der Waals surface area contributed by atoms with Crippen molar-refractivity contribution in [1.82, 2.24) is 4.90 Å². The van der Waals surface area contributed by atoms with Crippen LogP contribution in [0.4, 0.5) is 0 Å². The Morgan fingerprint density at radius 1 is 1.15 bits per heavy atom.